The first kappa shape index (κ1) is 14.7. The molecule has 0 spiro atoms. The van der Waals surface area contributed by atoms with Gasteiger partial charge in [0.1, 0.15) is 0 Å². The molecule has 0 fully saturated rings. The third-order valence-corrected chi connectivity index (χ3v) is 6.10. The zero-order valence-electron chi connectivity index (χ0n) is 11.6. The van der Waals surface area contributed by atoms with Crippen LogP contribution < -0.4 is 0 Å². The first-order valence-corrected chi connectivity index (χ1v) is 8.42. The van der Waals surface area contributed by atoms with Gasteiger partial charge in [-0.3, -0.25) is 0 Å². The fourth-order valence-electron chi connectivity index (χ4n) is 1.31. The third-order valence-electron chi connectivity index (χ3n) is 2.96. The quantitative estimate of drug-likeness (QED) is 0.771. The Morgan fingerprint density at radius 1 is 1.28 bits per heavy atom. The molecule has 96 valence electrons. The van der Waals surface area contributed by atoms with E-state index in [1.54, 1.807) is 0 Å². The smallest absolute Gasteiger partial charge is 0.181 e. The highest BCUT2D eigenvalue weighted by atomic mass is 28.3. The molecule has 0 N–H and O–H groups in total. The van der Waals surface area contributed by atoms with Crippen LogP contribution in [0.3, 0.4) is 0 Å². The summed E-state index contributed by atoms with van der Waals surface area (Å²) in [6.07, 6.45) is 3.34. The van der Waals surface area contributed by atoms with E-state index in [0.29, 0.717) is 0 Å². The second-order valence-electron chi connectivity index (χ2n) is 5.46. The van der Waals surface area contributed by atoms with Crippen molar-refractivity contribution < 1.29 is 4.43 Å². The van der Waals surface area contributed by atoms with Crippen molar-refractivity contribution >= 4 is 15.1 Å². The van der Waals surface area contributed by atoms with Gasteiger partial charge in [-0.25, -0.2) is 0 Å². The standard InChI is InChI=1S/C15H21NOSi/c1-15(2,3)18(4)17-14(12-16)11-10-13-8-6-5-7-9-13/h5-11,14,18H,1-4H3/b11-10+/t14-,18?/m0/s1. The lowest BCUT2D eigenvalue weighted by atomic mass is 10.2. The highest BCUT2D eigenvalue weighted by Gasteiger charge is 2.25. The molecule has 1 aromatic rings. The van der Waals surface area contributed by atoms with Crippen molar-refractivity contribution in [1.29, 1.82) is 5.26 Å². The fourth-order valence-corrected chi connectivity index (χ4v) is 2.31. The summed E-state index contributed by atoms with van der Waals surface area (Å²) in [5.74, 6) is 0. The maximum atomic E-state index is 9.11. The molecule has 0 radical (unpaired) electrons. The SMILES string of the molecule is C[SiH](O[C@H](C#N)/C=C/c1ccccc1)C(C)(C)C. The summed E-state index contributed by atoms with van der Waals surface area (Å²) in [7, 11) is -1.37. The maximum Gasteiger partial charge on any atom is 0.181 e. The average Bonchev–Trinajstić information content (AvgIpc) is 2.34. The van der Waals surface area contributed by atoms with E-state index in [-0.39, 0.29) is 5.04 Å². The normalized spacial score (nSPS) is 15.3. The summed E-state index contributed by atoms with van der Waals surface area (Å²) in [4.78, 5) is 0. The van der Waals surface area contributed by atoms with Crippen LogP contribution in [0.5, 0.6) is 0 Å². The number of benzene rings is 1. The van der Waals surface area contributed by atoms with Crippen LogP contribution in [0.2, 0.25) is 11.6 Å². The molecule has 2 nitrogen and oxygen atoms in total. The summed E-state index contributed by atoms with van der Waals surface area (Å²) in [5, 5.41) is 9.29. The van der Waals surface area contributed by atoms with E-state index in [2.05, 4.69) is 33.4 Å². The Bertz CT molecular complexity index is 428. The highest BCUT2D eigenvalue weighted by molar-refractivity contribution is 6.53. The van der Waals surface area contributed by atoms with Gasteiger partial charge in [0.2, 0.25) is 0 Å². The summed E-state index contributed by atoms with van der Waals surface area (Å²) in [6, 6.07) is 12.2. The van der Waals surface area contributed by atoms with Gasteiger partial charge >= 0.3 is 0 Å². The third kappa shape index (κ3) is 4.87. The van der Waals surface area contributed by atoms with Gasteiger partial charge in [-0.05, 0) is 23.2 Å². The lowest BCUT2D eigenvalue weighted by Gasteiger charge is -2.26. The lowest BCUT2D eigenvalue weighted by Crippen LogP contribution is -2.29. The van der Waals surface area contributed by atoms with Gasteiger partial charge in [0, 0.05) is 0 Å². The molecule has 0 bridgehead atoms. The van der Waals surface area contributed by atoms with Crippen molar-refractivity contribution in [2.45, 2.75) is 38.5 Å². The van der Waals surface area contributed by atoms with E-state index < -0.39 is 15.1 Å². The van der Waals surface area contributed by atoms with Crippen LogP contribution in [0.15, 0.2) is 36.4 Å². The van der Waals surface area contributed by atoms with Gasteiger partial charge in [-0.2, -0.15) is 5.26 Å². The summed E-state index contributed by atoms with van der Waals surface area (Å²) < 4.78 is 5.88. The first-order valence-electron chi connectivity index (χ1n) is 6.22. The number of hydrogen-bond acceptors (Lipinski definition) is 2. The van der Waals surface area contributed by atoms with Gasteiger partial charge < -0.3 is 4.43 Å². The van der Waals surface area contributed by atoms with E-state index in [9.17, 15) is 0 Å². The van der Waals surface area contributed by atoms with Gasteiger partial charge in [-0.15, -0.1) is 0 Å². The Kier molecular flexibility index (Phi) is 5.33. The number of rotatable bonds is 4. The first-order chi connectivity index (χ1) is 8.43. The molecule has 0 aliphatic heterocycles. The van der Waals surface area contributed by atoms with E-state index in [1.807, 2.05) is 42.5 Å². The van der Waals surface area contributed by atoms with Crippen LogP contribution in [0.25, 0.3) is 6.08 Å². The van der Waals surface area contributed by atoms with E-state index >= 15 is 0 Å². The predicted molar refractivity (Wildman–Crippen MR) is 78.7 cm³/mol. The van der Waals surface area contributed by atoms with Crippen molar-refractivity contribution in [3.63, 3.8) is 0 Å². The molecule has 0 amide bonds. The van der Waals surface area contributed by atoms with Gasteiger partial charge in [0.25, 0.3) is 0 Å². The molecule has 0 aromatic heterocycles. The predicted octanol–water partition coefficient (Wildman–Crippen LogP) is 3.76. The molecule has 0 aliphatic rings. The lowest BCUT2D eigenvalue weighted by molar-refractivity contribution is 0.291. The summed E-state index contributed by atoms with van der Waals surface area (Å²) >= 11 is 0. The molecule has 0 saturated heterocycles. The Hall–Kier alpha value is -1.37. The minimum atomic E-state index is -1.37. The molecule has 18 heavy (non-hydrogen) atoms. The van der Waals surface area contributed by atoms with Crippen molar-refractivity contribution in [2.24, 2.45) is 0 Å². The fraction of sp³-hybridized carbons (Fsp3) is 0.400. The minimum Gasteiger partial charge on any atom is -0.401 e. The second-order valence-corrected chi connectivity index (χ2v) is 8.75. The Morgan fingerprint density at radius 3 is 2.39 bits per heavy atom. The van der Waals surface area contributed by atoms with Crippen molar-refractivity contribution in [3.8, 4) is 6.07 Å². The van der Waals surface area contributed by atoms with Gasteiger partial charge in [0.05, 0.1) is 6.07 Å². The van der Waals surface area contributed by atoms with Crippen LogP contribution in [-0.2, 0) is 4.43 Å². The monoisotopic (exact) mass is 259 g/mol. The molecule has 1 unspecified atom stereocenters. The Balaban J connectivity index is 2.64. The number of nitrogens with zero attached hydrogens (tertiary/aromatic N) is 1. The van der Waals surface area contributed by atoms with Crippen molar-refractivity contribution in [2.75, 3.05) is 0 Å². The molecular formula is C15H21NOSi. The highest BCUT2D eigenvalue weighted by Crippen LogP contribution is 2.28. The zero-order valence-corrected chi connectivity index (χ0v) is 12.7. The molecule has 1 rings (SSSR count). The Labute approximate surface area is 112 Å². The summed E-state index contributed by atoms with van der Waals surface area (Å²) in [6.45, 7) is 8.64. The molecule has 0 saturated carbocycles. The largest absolute Gasteiger partial charge is 0.401 e. The number of hydrogen-bond donors (Lipinski definition) is 0. The molecule has 0 aliphatic carbocycles. The average molecular weight is 259 g/mol. The van der Waals surface area contributed by atoms with Crippen molar-refractivity contribution in [3.05, 3.63) is 42.0 Å². The van der Waals surface area contributed by atoms with Crippen LogP contribution in [-0.4, -0.2) is 15.1 Å². The topological polar surface area (TPSA) is 33.0 Å². The van der Waals surface area contributed by atoms with E-state index in [4.69, 9.17) is 9.69 Å². The van der Waals surface area contributed by atoms with Gasteiger partial charge in [-0.1, -0.05) is 57.2 Å². The molecular weight excluding hydrogens is 238 g/mol. The second kappa shape index (κ2) is 6.53. The van der Waals surface area contributed by atoms with Gasteiger partial charge in [0.15, 0.2) is 15.1 Å². The van der Waals surface area contributed by atoms with Crippen LogP contribution >= 0.6 is 0 Å². The van der Waals surface area contributed by atoms with Crippen molar-refractivity contribution in [1.82, 2.24) is 0 Å². The Morgan fingerprint density at radius 2 is 1.89 bits per heavy atom. The molecule has 0 heterocycles. The molecule has 2 atom stereocenters. The summed E-state index contributed by atoms with van der Waals surface area (Å²) in [5.41, 5.74) is 1.09. The maximum absolute atomic E-state index is 9.11. The van der Waals surface area contributed by atoms with Crippen LogP contribution in [0.4, 0.5) is 0 Å². The number of nitriles is 1. The van der Waals surface area contributed by atoms with Crippen LogP contribution in [0, 0.1) is 11.3 Å². The zero-order chi connectivity index (χ0) is 13.6. The molecule has 3 heteroatoms. The van der Waals surface area contributed by atoms with Crippen LogP contribution in [0.1, 0.15) is 26.3 Å². The van der Waals surface area contributed by atoms with E-state index in [0.717, 1.165) is 5.56 Å². The molecule has 1 aromatic carbocycles. The minimum absolute atomic E-state index is 0.176. The van der Waals surface area contributed by atoms with E-state index in [1.165, 1.54) is 0 Å².